The summed E-state index contributed by atoms with van der Waals surface area (Å²) in [7, 11) is 0. The summed E-state index contributed by atoms with van der Waals surface area (Å²) in [6.45, 7) is 3.75. The fourth-order valence-corrected chi connectivity index (χ4v) is 4.67. The number of rotatable bonds is 6. The number of hydrogen-bond acceptors (Lipinski definition) is 5. The van der Waals surface area contributed by atoms with Crippen molar-refractivity contribution in [2.75, 3.05) is 51.0 Å². The first-order valence-corrected chi connectivity index (χ1v) is 9.90. The van der Waals surface area contributed by atoms with Crippen molar-refractivity contribution in [1.29, 1.82) is 0 Å². The molecule has 2 saturated heterocycles. The van der Waals surface area contributed by atoms with Crippen LogP contribution in [0.15, 0.2) is 24.3 Å². The zero-order chi connectivity index (χ0) is 17.5. The molecule has 5 nitrogen and oxygen atoms in total. The Morgan fingerprint density at radius 1 is 1.28 bits per heavy atom. The van der Waals surface area contributed by atoms with Crippen LogP contribution in [-0.2, 0) is 9.53 Å². The summed E-state index contributed by atoms with van der Waals surface area (Å²) in [5.74, 6) is 1.66. The summed E-state index contributed by atoms with van der Waals surface area (Å²) in [6.07, 6.45) is 2.12. The van der Waals surface area contributed by atoms with E-state index in [1.54, 1.807) is 12.1 Å². The van der Waals surface area contributed by atoms with E-state index in [9.17, 15) is 9.18 Å². The summed E-state index contributed by atoms with van der Waals surface area (Å²) >= 11 is 1.97. The Kier molecular flexibility index (Phi) is 6.56. The standard InChI is InChI=1S/C18H25FN2O3S/c19-15-3-1-2-4-16(15)24-13-17(22)20-14-18(5-11-25-12-6-18)21-7-9-23-10-8-21/h1-4H,5-14H2,(H,20,22). The minimum atomic E-state index is -0.454. The second-order valence-corrected chi connectivity index (χ2v) is 7.66. The lowest BCUT2D eigenvalue weighted by molar-refractivity contribution is -0.124. The van der Waals surface area contributed by atoms with E-state index in [2.05, 4.69) is 10.2 Å². The number of amides is 1. The summed E-state index contributed by atoms with van der Waals surface area (Å²) in [6, 6.07) is 6.12. The van der Waals surface area contributed by atoms with Gasteiger partial charge in [-0.25, -0.2) is 4.39 Å². The van der Waals surface area contributed by atoms with Gasteiger partial charge in [0, 0.05) is 25.2 Å². The lowest BCUT2D eigenvalue weighted by Gasteiger charge is -2.48. The highest BCUT2D eigenvalue weighted by Crippen LogP contribution is 2.32. The van der Waals surface area contributed by atoms with Gasteiger partial charge in [-0.2, -0.15) is 11.8 Å². The average molecular weight is 368 g/mol. The van der Waals surface area contributed by atoms with Crippen LogP contribution < -0.4 is 10.1 Å². The van der Waals surface area contributed by atoms with Crippen LogP contribution in [0.25, 0.3) is 0 Å². The van der Waals surface area contributed by atoms with Gasteiger partial charge in [-0.3, -0.25) is 9.69 Å². The number of nitrogens with zero attached hydrogens (tertiary/aromatic N) is 1. The molecule has 0 unspecified atom stereocenters. The average Bonchev–Trinajstić information content (AvgIpc) is 2.67. The Balaban J connectivity index is 1.53. The normalized spacial score (nSPS) is 20.8. The molecule has 2 aliphatic rings. The molecule has 25 heavy (non-hydrogen) atoms. The van der Waals surface area contributed by atoms with E-state index in [-0.39, 0.29) is 23.8 Å². The molecule has 0 atom stereocenters. The van der Waals surface area contributed by atoms with E-state index >= 15 is 0 Å². The number of thioether (sulfide) groups is 1. The highest BCUT2D eigenvalue weighted by atomic mass is 32.2. The van der Waals surface area contributed by atoms with Gasteiger partial charge in [-0.15, -0.1) is 0 Å². The molecule has 2 aliphatic heterocycles. The SMILES string of the molecule is O=C(COc1ccccc1F)NCC1(N2CCOCC2)CCSCC1. The number of benzene rings is 1. The van der Waals surface area contributed by atoms with E-state index in [1.165, 1.54) is 12.1 Å². The van der Waals surface area contributed by atoms with Crippen molar-refractivity contribution in [3.8, 4) is 5.75 Å². The zero-order valence-electron chi connectivity index (χ0n) is 14.3. The minimum absolute atomic E-state index is 0.00267. The molecule has 1 amide bonds. The van der Waals surface area contributed by atoms with Crippen LogP contribution in [0, 0.1) is 5.82 Å². The van der Waals surface area contributed by atoms with Crippen molar-refractivity contribution in [2.45, 2.75) is 18.4 Å². The maximum atomic E-state index is 13.5. The molecule has 1 aromatic carbocycles. The van der Waals surface area contributed by atoms with E-state index in [0.717, 1.165) is 50.7 Å². The molecule has 2 fully saturated rings. The summed E-state index contributed by atoms with van der Waals surface area (Å²) in [5, 5.41) is 3.00. The maximum absolute atomic E-state index is 13.5. The third-order valence-electron chi connectivity index (χ3n) is 4.92. The van der Waals surface area contributed by atoms with Crippen molar-refractivity contribution in [1.82, 2.24) is 10.2 Å². The predicted octanol–water partition coefficient (Wildman–Crippen LogP) is 1.92. The quantitative estimate of drug-likeness (QED) is 0.831. The molecule has 1 N–H and O–H groups in total. The molecule has 0 spiro atoms. The molecule has 0 aliphatic carbocycles. The summed E-state index contributed by atoms with van der Waals surface area (Å²) in [4.78, 5) is 14.7. The molecule has 0 saturated carbocycles. The van der Waals surface area contributed by atoms with Crippen LogP contribution >= 0.6 is 11.8 Å². The third-order valence-corrected chi connectivity index (χ3v) is 5.90. The Bertz CT molecular complexity index is 575. The molecule has 1 aromatic rings. The Morgan fingerprint density at radius 3 is 2.72 bits per heavy atom. The van der Waals surface area contributed by atoms with E-state index in [4.69, 9.17) is 9.47 Å². The second-order valence-electron chi connectivity index (χ2n) is 6.43. The van der Waals surface area contributed by atoms with Gasteiger partial charge in [0.2, 0.25) is 0 Å². The second kappa shape index (κ2) is 8.87. The number of para-hydroxylation sites is 1. The number of hydrogen-bond donors (Lipinski definition) is 1. The number of carbonyl (C=O) groups excluding carboxylic acids is 1. The first kappa shape index (κ1) is 18.5. The predicted molar refractivity (Wildman–Crippen MR) is 96.6 cm³/mol. The smallest absolute Gasteiger partial charge is 0.258 e. The highest BCUT2D eigenvalue weighted by Gasteiger charge is 2.39. The number of carbonyl (C=O) groups is 1. The van der Waals surface area contributed by atoms with E-state index in [0.29, 0.717) is 6.54 Å². The molecule has 138 valence electrons. The van der Waals surface area contributed by atoms with Gasteiger partial charge in [-0.05, 0) is 36.5 Å². The van der Waals surface area contributed by atoms with Crippen molar-refractivity contribution < 1.29 is 18.7 Å². The topological polar surface area (TPSA) is 50.8 Å². The molecular formula is C18H25FN2O3S. The molecule has 0 bridgehead atoms. The number of morpholine rings is 1. The van der Waals surface area contributed by atoms with Crippen LogP contribution in [0.2, 0.25) is 0 Å². The first-order valence-electron chi connectivity index (χ1n) is 8.74. The third kappa shape index (κ3) is 4.86. The van der Waals surface area contributed by atoms with Gasteiger partial charge in [-0.1, -0.05) is 12.1 Å². The lowest BCUT2D eigenvalue weighted by atomic mass is 9.89. The van der Waals surface area contributed by atoms with Crippen LogP contribution in [-0.4, -0.2) is 67.3 Å². The maximum Gasteiger partial charge on any atom is 0.258 e. The molecule has 0 aromatic heterocycles. The minimum Gasteiger partial charge on any atom is -0.481 e. The fourth-order valence-electron chi connectivity index (χ4n) is 3.41. The summed E-state index contributed by atoms with van der Waals surface area (Å²) in [5.41, 5.74) is 0.00267. The first-order chi connectivity index (χ1) is 12.2. The van der Waals surface area contributed by atoms with Crippen LogP contribution in [0.3, 0.4) is 0 Å². The Hall–Kier alpha value is -1.31. The van der Waals surface area contributed by atoms with Crippen LogP contribution in [0.1, 0.15) is 12.8 Å². The molecular weight excluding hydrogens is 343 g/mol. The van der Waals surface area contributed by atoms with Gasteiger partial charge >= 0.3 is 0 Å². The molecule has 7 heteroatoms. The van der Waals surface area contributed by atoms with E-state index in [1.807, 2.05) is 11.8 Å². The molecule has 0 radical (unpaired) electrons. The Morgan fingerprint density at radius 2 is 2.00 bits per heavy atom. The number of ether oxygens (including phenoxy) is 2. The van der Waals surface area contributed by atoms with Gasteiger partial charge in [0.1, 0.15) is 0 Å². The lowest BCUT2D eigenvalue weighted by Crippen LogP contribution is -2.60. The monoisotopic (exact) mass is 368 g/mol. The van der Waals surface area contributed by atoms with Crippen molar-refractivity contribution >= 4 is 17.7 Å². The number of halogens is 1. The zero-order valence-corrected chi connectivity index (χ0v) is 15.2. The van der Waals surface area contributed by atoms with Gasteiger partial charge < -0.3 is 14.8 Å². The summed E-state index contributed by atoms with van der Waals surface area (Å²) < 4.78 is 24.3. The van der Waals surface area contributed by atoms with Gasteiger partial charge in [0.25, 0.3) is 5.91 Å². The van der Waals surface area contributed by atoms with Crippen LogP contribution in [0.4, 0.5) is 4.39 Å². The fraction of sp³-hybridized carbons (Fsp3) is 0.611. The largest absolute Gasteiger partial charge is 0.481 e. The van der Waals surface area contributed by atoms with Crippen molar-refractivity contribution in [2.24, 2.45) is 0 Å². The number of nitrogens with one attached hydrogen (secondary N) is 1. The highest BCUT2D eigenvalue weighted by molar-refractivity contribution is 7.99. The van der Waals surface area contributed by atoms with Crippen LogP contribution in [0.5, 0.6) is 5.75 Å². The Labute approximate surface area is 152 Å². The van der Waals surface area contributed by atoms with Crippen molar-refractivity contribution in [3.05, 3.63) is 30.1 Å². The van der Waals surface area contributed by atoms with Gasteiger partial charge in [0.05, 0.1) is 13.2 Å². The van der Waals surface area contributed by atoms with Gasteiger partial charge in [0.15, 0.2) is 18.2 Å². The van der Waals surface area contributed by atoms with Crippen molar-refractivity contribution in [3.63, 3.8) is 0 Å². The molecule has 2 heterocycles. The van der Waals surface area contributed by atoms with E-state index < -0.39 is 5.82 Å². The molecule has 3 rings (SSSR count).